The van der Waals surface area contributed by atoms with E-state index in [0.717, 1.165) is 23.5 Å². The lowest BCUT2D eigenvalue weighted by Gasteiger charge is -2.11. The average molecular weight is 328 g/mol. The molecule has 0 bridgehead atoms. The second-order valence-electron chi connectivity index (χ2n) is 5.83. The number of hydrazine groups is 1. The van der Waals surface area contributed by atoms with Gasteiger partial charge in [0, 0.05) is 17.9 Å². The van der Waals surface area contributed by atoms with E-state index in [-0.39, 0.29) is 11.8 Å². The second-order valence-corrected chi connectivity index (χ2v) is 5.83. The molecule has 7 heteroatoms. The normalized spacial score (nSPS) is 16.8. The third-order valence-corrected chi connectivity index (χ3v) is 3.91. The van der Waals surface area contributed by atoms with E-state index in [1.165, 1.54) is 0 Å². The lowest BCUT2D eigenvalue weighted by atomic mass is 10.2. The van der Waals surface area contributed by atoms with Crippen LogP contribution in [0.5, 0.6) is 0 Å². The van der Waals surface area contributed by atoms with E-state index in [9.17, 15) is 9.59 Å². The van der Waals surface area contributed by atoms with Crippen molar-refractivity contribution in [3.8, 4) is 5.69 Å². The van der Waals surface area contributed by atoms with Crippen molar-refractivity contribution in [2.45, 2.75) is 32.8 Å². The molecule has 2 aromatic rings. The van der Waals surface area contributed by atoms with Gasteiger partial charge in [0.2, 0.25) is 0 Å². The van der Waals surface area contributed by atoms with Gasteiger partial charge in [0.15, 0.2) is 0 Å². The van der Waals surface area contributed by atoms with Crippen LogP contribution in [0.3, 0.4) is 0 Å². The molecule has 126 valence electrons. The van der Waals surface area contributed by atoms with Gasteiger partial charge in [0.1, 0.15) is 6.10 Å². The van der Waals surface area contributed by atoms with Gasteiger partial charge in [-0.25, -0.2) is 4.68 Å². The average Bonchev–Trinajstić information content (AvgIpc) is 3.22. The highest BCUT2D eigenvalue weighted by molar-refractivity contribution is 5.95. The molecule has 1 fully saturated rings. The lowest BCUT2D eigenvalue weighted by Crippen LogP contribution is -2.46. The van der Waals surface area contributed by atoms with Crippen LogP contribution >= 0.6 is 0 Å². The van der Waals surface area contributed by atoms with Crippen molar-refractivity contribution >= 4 is 11.8 Å². The molecule has 0 aliphatic carbocycles. The van der Waals surface area contributed by atoms with E-state index in [0.29, 0.717) is 18.6 Å². The number of aryl methyl sites for hydroxylation is 2. The smallest absolute Gasteiger partial charge is 0.269 e. The summed E-state index contributed by atoms with van der Waals surface area (Å²) in [5, 5.41) is 4.40. The minimum Gasteiger partial charge on any atom is -0.368 e. The van der Waals surface area contributed by atoms with Crippen LogP contribution in [0.15, 0.2) is 30.3 Å². The molecule has 0 radical (unpaired) electrons. The van der Waals surface area contributed by atoms with Gasteiger partial charge in [-0.3, -0.25) is 20.4 Å². The molecule has 1 aromatic heterocycles. The maximum absolute atomic E-state index is 12.1. The third-order valence-electron chi connectivity index (χ3n) is 3.91. The summed E-state index contributed by atoms with van der Waals surface area (Å²) in [7, 11) is 0. The molecule has 1 aliphatic rings. The Labute approximate surface area is 140 Å². The minimum atomic E-state index is -0.473. The molecule has 7 nitrogen and oxygen atoms in total. The standard InChI is InChI=1S/C17H20N4O3/c1-11-10-12(2)21(20-11)14-7-5-13(6-8-14)16(22)18-19-17(23)15-4-3-9-24-15/h5-8,10,15H,3-4,9H2,1-2H3,(H,18,22)(H,19,23). The van der Waals surface area contributed by atoms with E-state index in [2.05, 4.69) is 16.0 Å². The molecule has 2 N–H and O–H groups in total. The number of benzene rings is 1. The Bertz CT molecular complexity index is 746. The van der Waals surface area contributed by atoms with Crippen LogP contribution in [0, 0.1) is 13.8 Å². The van der Waals surface area contributed by atoms with Crippen molar-refractivity contribution < 1.29 is 14.3 Å². The van der Waals surface area contributed by atoms with Gasteiger partial charge in [-0.15, -0.1) is 0 Å². The van der Waals surface area contributed by atoms with Crippen LogP contribution in [0.25, 0.3) is 5.69 Å². The molecule has 2 heterocycles. The van der Waals surface area contributed by atoms with E-state index >= 15 is 0 Å². The zero-order valence-corrected chi connectivity index (χ0v) is 13.7. The van der Waals surface area contributed by atoms with E-state index < -0.39 is 6.10 Å². The molecule has 1 aromatic carbocycles. The Morgan fingerprint density at radius 2 is 1.96 bits per heavy atom. The topological polar surface area (TPSA) is 85.2 Å². The summed E-state index contributed by atoms with van der Waals surface area (Å²) in [6.07, 6.45) is 1.07. The van der Waals surface area contributed by atoms with Crippen LogP contribution in [0.4, 0.5) is 0 Å². The van der Waals surface area contributed by atoms with Crippen molar-refractivity contribution in [2.75, 3.05) is 6.61 Å². The van der Waals surface area contributed by atoms with Gasteiger partial charge in [-0.2, -0.15) is 5.10 Å². The van der Waals surface area contributed by atoms with Gasteiger partial charge in [-0.05, 0) is 57.0 Å². The molecule has 0 spiro atoms. The Hall–Kier alpha value is -2.67. The first-order valence-electron chi connectivity index (χ1n) is 7.90. The Morgan fingerprint density at radius 3 is 2.54 bits per heavy atom. The highest BCUT2D eigenvalue weighted by Crippen LogP contribution is 2.13. The lowest BCUT2D eigenvalue weighted by molar-refractivity contribution is -0.130. The van der Waals surface area contributed by atoms with Gasteiger partial charge < -0.3 is 4.74 Å². The summed E-state index contributed by atoms with van der Waals surface area (Å²) in [4.78, 5) is 23.9. The van der Waals surface area contributed by atoms with E-state index in [4.69, 9.17) is 4.74 Å². The number of rotatable bonds is 3. The molecule has 2 amide bonds. The molecule has 24 heavy (non-hydrogen) atoms. The third kappa shape index (κ3) is 3.46. The molecule has 1 saturated heterocycles. The quantitative estimate of drug-likeness (QED) is 0.835. The Kier molecular flexibility index (Phi) is 4.61. The predicted octanol–water partition coefficient (Wildman–Crippen LogP) is 1.43. The number of nitrogens with zero attached hydrogens (tertiary/aromatic N) is 2. The number of ether oxygens (including phenoxy) is 1. The fourth-order valence-electron chi connectivity index (χ4n) is 2.70. The molecule has 1 aliphatic heterocycles. The monoisotopic (exact) mass is 328 g/mol. The number of hydrogen-bond acceptors (Lipinski definition) is 4. The first-order chi connectivity index (χ1) is 11.5. The largest absolute Gasteiger partial charge is 0.368 e. The first kappa shape index (κ1) is 16.2. The predicted molar refractivity (Wildman–Crippen MR) is 87.6 cm³/mol. The van der Waals surface area contributed by atoms with Crippen LogP contribution in [-0.4, -0.2) is 34.3 Å². The van der Waals surface area contributed by atoms with Crippen LogP contribution in [0.2, 0.25) is 0 Å². The summed E-state index contributed by atoms with van der Waals surface area (Å²) in [6.45, 7) is 4.49. The van der Waals surface area contributed by atoms with Gasteiger partial charge in [-0.1, -0.05) is 0 Å². The molecule has 1 atom stereocenters. The molecular formula is C17H20N4O3. The zero-order valence-electron chi connectivity index (χ0n) is 13.7. The van der Waals surface area contributed by atoms with Gasteiger partial charge in [0.25, 0.3) is 11.8 Å². The Balaban J connectivity index is 1.61. The van der Waals surface area contributed by atoms with E-state index in [1.54, 1.807) is 12.1 Å². The number of aromatic nitrogens is 2. The first-order valence-corrected chi connectivity index (χ1v) is 7.90. The zero-order chi connectivity index (χ0) is 17.1. The maximum Gasteiger partial charge on any atom is 0.269 e. The molecule has 0 saturated carbocycles. The van der Waals surface area contributed by atoms with Crippen molar-refractivity contribution in [3.05, 3.63) is 47.3 Å². The van der Waals surface area contributed by atoms with Crippen LogP contribution < -0.4 is 10.9 Å². The number of amides is 2. The number of nitrogens with one attached hydrogen (secondary N) is 2. The Morgan fingerprint density at radius 1 is 1.21 bits per heavy atom. The van der Waals surface area contributed by atoms with Crippen molar-refractivity contribution in [1.29, 1.82) is 0 Å². The maximum atomic E-state index is 12.1. The second kappa shape index (κ2) is 6.84. The SMILES string of the molecule is Cc1cc(C)n(-c2ccc(C(=O)NNC(=O)C3CCCO3)cc2)n1. The minimum absolute atomic E-state index is 0.319. The fourth-order valence-corrected chi connectivity index (χ4v) is 2.70. The van der Waals surface area contributed by atoms with Crippen molar-refractivity contribution in [2.24, 2.45) is 0 Å². The summed E-state index contributed by atoms with van der Waals surface area (Å²) in [6, 6.07) is 9.01. The summed E-state index contributed by atoms with van der Waals surface area (Å²) in [5.74, 6) is -0.693. The van der Waals surface area contributed by atoms with Gasteiger partial charge >= 0.3 is 0 Å². The highest BCUT2D eigenvalue weighted by Gasteiger charge is 2.23. The molecular weight excluding hydrogens is 308 g/mol. The number of carbonyl (C=O) groups excluding carboxylic acids is 2. The summed E-state index contributed by atoms with van der Waals surface area (Å²) < 4.78 is 7.07. The van der Waals surface area contributed by atoms with Crippen molar-refractivity contribution in [3.63, 3.8) is 0 Å². The molecule has 3 rings (SSSR count). The summed E-state index contributed by atoms with van der Waals surface area (Å²) in [5.41, 5.74) is 8.10. The van der Waals surface area contributed by atoms with Crippen LogP contribution in [-0.2, 0) is 9.53 Å². The molecule has 1 unspecified atom stereocenters. The number of carbonyl (C=O) groups is 2. The summed E-state index contributed by atoms with van der Waals surface area (Å²) >= 11 is 0. The highest BCUT2D eigenvalue weighted by atomic mass is 16.5. The van der Waals surface area contributed by atoms with Gasteiger partial charge in [0.05, 0.1) is 11.4 Å². The van der Waals surface area contributed by atoms with E-state index in [1.807, 2.05) is 36.7 Å². The fraction of sp³-hybridized carbons (Fsp3) is 0.353. The number of hydrogen-bond donors (Lipinski definition) is 2. The van der Waals surface area contributed by atoms with Crippen molar-refractivity contribution in [1.82, 2.24) is 20.6 Å². The van der Waals surface area contributed by atoms with Crippen LogP contribution in [0.1, 0.15) is 34.6 Å².